The molecule has 0 aliphatic carbocycles. The molecule has 122 valence electrons. The van der Waals surface area contributed by atoms with Crippen LogP contribution in [-0.2, 0) is 12.8 Å². The highest BCUT2D eigenvalue weighted by atomic mass is 15.2. The van der Waals surface area contributed by atoms with Crippen LogP contribution >= 0.6 is 0 Å². The first kappa shape index (κ1) is 15.8. The zero-order valence-electron chi connectivity index (χ0n) is 14.5. The molecule has 2 heterocycles. The third-order valence-corrected chi connectivity index (χ3v) is 5.23. The summed E-state index contributed by atoms with van der Waals surface area (Å²) in [4.78, 5) is 7.58. The lowest BCUT2D eigenvalue weighted by Crippen LogP contribution is -2.44. The van der Waals surface area contributed by atoms with E-state index in [1.54, 1.807) is 5.56 Å². The van der Waals surface area contributed by atoms with Gasteiger partial charge in [-0.1, -0.05) is 12.1 Å². The number of nitrogens with zero attached hydrogens (tertiary/aromatic N) is 3. The Bertz CT molecular complexity index is 489. The first-order valence-corrected chi connectivity index (χ1v) is 8.93. The molecule has 1 fully saturated rings. The average molecular weight is 301 g/mol. The van der Waals surface area contributed by atoms with E-state index in [2.05, 4.69) is 53.8 Å². The highest BCUT2D eigenvalue weighted by Gasteiger charge is 2.21. The molecule has 0 spiro atoms. The third-order valence-electron chi connectivity index (χ3n) is 5.23. The highest BCUT2D eigenvalue weighted by molar-refractivity contribution is 5.59. The van der Waals surface area contributed by atoms with Crippen molar-refractivity contribution >= 4 is 5.69 Å². The number of rotatable bonds is 5. The molecule has 1 aromatic carbocycles. The summed E-state index contributed by atoms with van der Waals surface area (Å²) in [7, 11) is 2.22. The Hall–Kier alpha value is -1.06. The summed E-state index contributed by atoms with van der Waals surface area (Å²) < 4.78 is 0. The Morgan fingerprint density at radius 1 is 1.05 bits per heavy atom. The van der Waals surface area contributed by atoms with Crippen LogP contribution in [0.4, 0.5) is 5.69 Å². The van der Waals surface area contributed by atoms with Gasteiger partial charge in [-0.05, 0) is 63.9 Å². The van der Waals surface area contributed by atoms with Crippen LogP contribution in [0.5, 0.6) is 0 Å². The molecule has 0 unspecified atom stereocenters. The molecule has 1 saturated heterocycles. The van der Waals surface area contributed by atoms with E-state index < -0.39 is 0 Å². The smallest absolute Gasteiger partial charge is 0.0402 e. The zero-order valence-corrected chi connectivity index (χ0v) is 14.5. The van der Waals surface area contributed by atoms with Crippen molar-refractivity contribution in [2.24, 2.45) is 0 Å². The third kappa shape index (κ3) is 3.64. The van der Waals surface area contributed by atoms with Crippen molar-refractivity contribution in [1.29, 1.82) is 0 Å². The molecular weight excluding hydrogens is 270 g/mol. The van der Waals surface area contributed by atoms with Gasteiger partial charge < -0.3 is 14.7 Å². The lowest BCUT2D eigenvalue weighted by Gasteiger charge is -2.32. The van der Waals surface area contributed by atoms with Crippen LogP contribution in [0.2, 0.25) is 0 Å². The Kier molecular flexibility index (Phi) is 5.04. The van der Waals surface area contributed by atoms with Gasteiger partial charge in [0.25, 0.3) is 0 Å². The van der Waals surface area contributed by atoms with Gasteiger partial charge in [-0.15, -0.1) is 0 Å². The van der Waals surface area contributed by atoms with Gasteiger partial charge in [0.05, 0.1) is 0 Å². The second-order valence-corrected chi connectivity index (χ2v) is 7.25. The number of likely N-dealkylation sites (N-methyl/N-ethyl adjacent to an activating group) is 1. The van der Waals surface area contributed by atoms with Crippen LogP contribution < -0.4 is 4.90 Å². The standard InChI is InChI=1S/C19H31N3/c1-16(2)22-10-8-18-15-17(6-7-19(18)22)5-4-9-21-13-11-20(3)12-14-21/h6-7,15-16H,4-5,8-14H2,1-3H3. The lowest BCUT2D eigenvalue weighted by atomic mass is 10.0. The number of aryl methyl sites for hydroxylation is 1. The van der Waals surface area contributed by atoms with Gasteiger partial charge in [-0.3, -0.25) is 0 Å². The number of hydrogen-bond acceptors (Lipinski definition) is 3. The van der Waals surface area contributed by atoms with Gasteiger partial charge in [0.1, 0.15) is 0 Å². The van der Waals surface area contributed by atoms with Gasteiger partial charge in [-0.2, -0.15) is 0 Å². The summed E-state index contributed by atoms with van der Waals surface area (Å²) in [5.41, 5.74) is 4.56. The zero-order chi connectivity index (χ0) is 15.5. The monoisotopic (exact) mass is 301 g/mol. The Morgan fingerprint density at radius 3 is 2.55 bits per heavy atom. The van der Waals surface area contributed by atoms with Crippen LogP contribution in [0.1, 0.15) is 31.4 Å². The van der Waals surface area contributed by atoms with E-state index in [4.69, 9.17) is 0 Å². The maximum Gasteiger partial charge on any atom is 0.0402 e. The predicted octanol–water partition coefficient (Wildman–Crippen LogP) is 2.64. The van der Waals surface area contributed by atoms with Crippen molar-refractivity contribution in [3.63, 3.8) is 0 Å². The fourth-order valence-electron chi connectivity index (χ4n) is 3.75. The van der Waals surface area contributed by atoms with E-state index in [9.17, 15) is 0 Å². The second-order valence-electron chi connectivity index (χ2n) is 7.25. The molecule has 22 heavy (non-hydrogen) atoms. The van der Waals surface area contributed by atoms with Crippen LogP contribution in [0.3, 0.4) is 0 Å². The topological polar surface area (TPSA) is 9.72 Å². The number of anilines is 1. The Labute approximate surface area is 135 Å². The van der Waals surface area contributed by atoms with Crippen LogP contribution in [0, 0.1) is 0 Å². The van der Waals surface area contributed by atoms with Gasteiger partial charge in [-0.25, -0.2) is 0 Å². The minimum Gasteiger partial charge on any atom is -0.369 e. The van der Waals surface area contributed by atoms with E-state index in [0.29, 0.717) is 6.04 Å². The summed E-state index contributed by atoms with van der Waals surface area (Å²) >= 11 is 0. The normalized spacial score (nSPS) is 19.9. The summed E-state index contributed by atoms with van der Waals surface area (Å²) in [6, 6.07) is 7.78. The summed E-state index contributed by atoms with van der Waals surface area (Å²) in [5, 5.41) is 0. The van der Waals surface area contributed by atoms with E-state index >= 15 is 0 Å². The second kappa shape index (κ2) is 7.01. The van der Waals surface area contributed by atoms with Crippen molar-refractivity contribution in [2.45, 2.75) is 39.2 Å². The summed E-state index contributed by atoms with van der Waals surface area (Å²) in [5.74, 6) is 0. The molecule has 3 nitrogen and oxygen atoms in total. The molecule has 0 N–H and O–H groups in total. The molecule has 0 bridgehead atoms. The molecule has 2 aliphatic rings. The lowest BCUT2D eigenvalue weighted by molar-refractivity contribution is 0.153. The van der Waals surface area contributed by atoms with E-state index in [0.717, 1.165) is 0 Å². The van der Waals surface area contributed by atoms with Crippen molar-refractivity contribution in [1.82, 2.24) is 9.80 Å². The molecule has 1 aromatic rings. The number of fused-ring (bicyclic) bond motifs is 1. The fourth-order valence-corrected chi connectivity index (χ4v) is 3.75. The number of benzene rings is 1. The highest BCUT2D eigenvalue weighted by Crippen LogP contribution is 2.30. The first-order chi connectivity index (χ1) is 10.6. The molecule has 0 saturated carbocycles. The van der Waals surface area contributed by atoms with E-state index in [1.165, 1.54) is 69.8 Å². The molecule has 2 aliphatic heterocycles. The minimum atomic E-state index is 0.615. The summed E-state index contributed by atoms with van der Waals surface area (Å²) in [6.45, 7) is 12.0. The Balaban J connectivity index is 1.50. The summed E-state index contributed by atoms with van der Waals surface area (Å²) in [6.07, 6.45) is 3.73. The van der Waals surface area contributed by atoms with Crippen LogP contribution in [0.15, 0.2) is 18.2 Å². The maximum atomic E-state index is 2.62. The van der Waals surface area contributed by atoms with E-state index in [1.807, 2.05) is 0 Å². The molecule has 0 atom stereocenters. The maximum absolute atomic E-state index is 2.62. The first-order valence-electron chi connectivity index (χ1n) is 8.93. The molecule has 3 rings (SSSR count). The Morgan fingerprint density at radius 2 is 1.82 bits per heavy atom. The number of hydrogen-bond donors (Lipinski definition) is 0. The van der Waals surface area contributed by atoms with Gasteiger partial charge >= 0.3 is 0 Å². The number of piperazine rings is 1. The predicted molar refractivity (Wildman–Crippen MR) is 94.9 cm³/mol. The fraction of sp³-hybridized carbons (Fsp3) is 0.684. The van der Waals surface area contributed by atoms with Crippen LogP contribution in [0.25, 0.3) is 0 Å². The van der Waals surface area contributed by atoms with Crippen molar-refractivity contribution in [2.75, 3.05) is 51.2 Å². The molecule has 3 heteroatoms. The average Bonchev–Trinajstić information content (AvgIpc) is 2.92. The molecule has 0 aromatic heterocycles. The minimum absolute atomic E-state index is 0.615. The van der Waals surface area contributed by atoms with Gasteiger partial charge in [0.2, 0.25) is 0 Å². The van der Waals surface area contributed by atoms with Crippen molar-refractivity contribution in [3.8, 4) is 0 Å². The largest absolute Gasteiger partial charge is 0.369 e. The molecule has 0 radical (unpaired) electrons. The molecular formula is C19H31N3. The van der Waals surface area contributed by atoms with Crippen molar-refractivity contribution in [3.05, 3.63) is 29.3 Å². The van der Waals surface area contributed by atoms with E-state index in [-0.39, 0.29) is 0 Å². The SMILES string of the molecule is CC(C)N1CCc2cc(CCCN3CCN(C)CC3)ccc21. The molecule has 0 amide bonds. The van der Waals surface area contributed by atoms with Crippen LogP contribution in [-0.4, -0.2) is 62.2 Å². The van der Waals surface area contributed by atoms with Crippen molar-refractivity contribution < 1.29 is 0 Å². The quantitative estimate of drug-likeness (QED) is 0.828. The van der Waals surface area contributed by atoms with Gasteiger partial charge in [0, 0.05) is 44.5 Å². The van der Waals surface area contributed by atoms with Gasteiger partial charge in [0.15, 0.2) is 0 Å².